The predicted octanol–water partition coefficient (Wildman–Crippen LogP) is 3.43. The van der Waals surface area contributed by atoms with Gasteiger partial charge in [-0.05, 0) is 30.7 Å². The monoisotopic (exact) mass is 264 g/mol. The number of anilines is 1. The van der Waals surface area contributed by atoms with Crippen molar-refractivity contribution in [3.8, 4) is 0 Å². The van der Waals surface area contributed by atoms with Crippen LogP contribution in [0.15, 0.2) is 36.7 Å². The average Bonchev–Trinajstić information content (AvgIpc) is 2.33. The summed E-state index contributed by atoms with van der Waals surface area (Å²) in [4.78, 5) is 15.7. The molecular weight excluding hydrogens is 255 g/mol. The van der Waals surface area contributed by atoms with E-state index in [2.05, 4.69) is 10.3 Å². The predicted molar refractivity (Wildman–Crippen MR) is 68.3 cm³/mol. The number of aromatic nitrogens is 1. The van der Waals surface area contributed by atoms with Gasteiger partial charge < -0.3 is 5.32 Å². The molecule has 0 atom stereocenters. The molecule has 0 unspecified atom stereocenters. The molecule has 0 aliphatic rings. The largest absolute Gasteiger partial charge is 0.319 e. The molecule has 1 amide bonds. The SMILES string of the molecule is Cc1ccc(NC(=O)c2cnccc2Cl)c(F)c1. The molecule has 1 N–H and O–H groups in total. The zero-order valence-corrected chi connectivity index (χ0v) is 10.3. The first kappa shape index (κ1) is 12.5. The van der Waals surface area contributed by atoms with Crippen molar-refractivity contribution in [3.63, 3.8) is 0 Å². The van der Waals surface area contributed by atoms with Crippen LogP contribution in [0.4, 0.5) is 10.1 Å². The standard InChI is InChI=1S/C13H10ClFN2O/c1-8-2-3-12(11(15)6-8)17-13(18)9-7-16-5-4-10(9)14/h2-7H,1H3,(H,17,18). The maximum Gasteiger partial charge on any atom is 0.258 e. The van der Waals surface area contributed by atoms with Gasteiger partial charge in [0.05, 0.1) is 16.3 Å². The minimum atomic E-state index is -0.490. The van der Waals surface area contributed by atoms with Gasteiger partial charge in [-0.2, -0.15) is 0 Å². The summed E-state index contributed by atoms with van der Waals surface area (Å²) in [6, 6.07) is 6.07. The van der Waals surface area contributed by atoms with Gasteiger partial charge in [0.15, 0.2) is 0 Å². The molecular formula is C13H10ClFN2O. The van der Waals surface area contributed by atoms with Crippen LogP contribution in [0, 0.1) is 12.7 Å². The van der Waals surface area contributed by atoms with Crippen molar-refractivity contribution in [1.29, 1.82) is 0 Å². The van der Waals surface area contributed by atoms with Gasteiger partial charge in [-0.25, -0.2) is 4.39 Å². The molecule has 0 radical (unpaired) electrons. The molecule has 0 aliphatic carbocycles. The summed E-state index contributed by atoms with van der Waals surface area (Å²) in [5, 5.41) is 2.73. The van der Waals surface area contributed by atoms with Crippen molar-refractivity contribution in [2.75, 3.05) is 5.32 Å². The van der Waals surface area contributed by atoms with E-state index in [-0.39, 0.29) is 16.3 Å². The maximum absolute atomic E-state index is 13.6. The molecule has 0 spiro atoms. The number of rotatable bonds is 2. The fourth-order valence-electron chi connectivity index (χ4n) is 1.46. The molecule has 18 heavy (non-hydrogen) atoms. The smallest absolute Gasteiger partial charge is 0.258 e. The second-order valence-corrected chi connectivity index (χ2v) is 4.20. The van der Waals surface area contributed by atoms with Crippen LogP contribution >= 0.6 is 11.6 Å². The fraction of sp³-hybridized carbons (Fsp3) is 0.0769. The van der Waals surface area contributed by atoms with Gasteiger partial charge in [0, 0.05) is 12.4 Å². The number of hydrogen-bond acceptors (Lipinski definition) is 2. The number of aryl methyl sites for hydroxylation is 1. The number of carbonyl (C=O) groups is 1. The van der Waals surface area contributed by atoms with Gasteiger partial charge in [0.25, 0.3) is 5.91 Å². The van der Waals surface area contributed by atoms with Crippen molar-refractivity contribution >= 4 is 23.2 Å². The molecule has 2 aromatic rings. The van der Waals surface area contributed by atoms with E-state index >= 15 is 0 Å². The Morgan fingerprint density at radius 2 is 2.17 bits per heavy atom. The molecule has 0 saturated heterocycles. The Labute approximate surface area is 109 Å². The lowest BCUT2D eigenvalue weighted by molar-refractivity contribution is 0.102. The molecule has 92 valence electrons. The molecule has 1 aromatic heterocycles. The number of halogens is 2. The normalized spacial score (nSPS) is 10.2. The zero-order valence-electron chi connectivity index (χ0n) is 9.58. The van der Waals surface area contributed by atoms with Crippen molar-refractivity contribution in [2.24, 2.45) is 0 Å². The van der Waals surface area contributed by atoms with E-state index in [0.29, 0.717) is 0 Å². The number of pyridine rings is 1. The summed E-state index contributed by atoms with van der Waals surface area (Å²) in [7, 11) is 0. The Bertz CT molecular complexity index is 601. The highest BCUT2D eigenvalue weighted by molar-refractivity contribution is 6.34. The summed E-state index contributed by atoms with van der Waals surface area (Å²) in [5.74, 6) is -0.973. The van der Waals surface area contributed by atoms with E-state index in [1.807, 2.05) is 0 Å². The molecule has 2 rings (SSSR count). The molecule has 1 aromatic carbocycles. The van der Waals surface area contributed by atoms with Crippen LogP contribution in [-0.2, 0) is 0 Å². The minimum Gasteiger partial charge on any atom is -0.319 e. The third-order valence-corrected chi connectivity index (χ3v) is 2.71. The maximum atomic E-state index is 13.6. The van der Waals surface area contributed by atoms with Crippen LogP contribution in [0.25, 0.3) is 0 Å². The molecule has 0 fully saturated rings. The van der Waals surface area contributed by atoms with E-state index in [0.717, 1.165) is 5.56 Å². The molecule has 0 bridgehead atoms. The van der Waals surface area contributed by atoms with Gasteiger partial charge in [-0.15, -0.1) is 0 Å². The first-order valence-electron chi connectivity index (χ1n) is 5.25. The second kappa shape index (κ2) is 5.14. The molecule has 1 heterocycles. The highest BCUT2D eigenvalue weighted by atomic mass is 35.5. The lowest BCUT2D eigenvalue weighted by Crippen LogP contribution is -2.13. The van der Waals surface area contributed by atoms with Crippen LogP contribution in [0.2, 0.25) is 5.02 Å². The summed E-state index contributed by atoms with van der Waals surface area (Å²) in [6.45, 7) is 1.77. The first-order chi connectivity index (χ1) is 8.58. The Morgan fingerprint density at radius 1 is 1.39 bits per heavy atom. The summed E-state index contributed by atoms with van der Waals surface area (Å²) in [5.41, 5.74) is 1.11. The molecule has 5 heteroatoms. The number of nitrogens with one attached hydrogen (secondary N) is 1. The highest BCUT2D eigenvalue weighted by Crippen LogP contribution is 2.19. The van der Waals surface area contributed by atoms with Gasteiger partial charge >= 0.3 is 0 Å². The van der Waals surface area contributed by atoms with E-state index in [4.69, 9.17) is 11.6 Å². The number of hydrogen-bond donors (Lipinski definition) is 1. The third kappa shape index (κ3) is 2.65. The lowest BCUT2D eigenvalue weighted by Gasteiger charge is -2.07. The number of amides is 1. The van der Waals surface area contributed by atoms with E-state index in [1.54, 1.807) is 13.0 Å². The average molecular weight is 265 g/mol. The Morgan fingerprint density at radius 3 is 2.83 bits per heavy atom. The van der Waals surface area contributed by atoms with Gasteiger partial charge in [0.2, 0.25) is 0 Å². The molecule has 3 nitrogen and oxygen atoms in total. The van der Waals surface area contributed by atoms with Crippen LogP contribution < -0.4 is 5.32 Å². The minimum absolute atomic E-state index is 0.116. The fourth-order valence-corrected chi connectivity index (χ4v) is 1.65. The van der Waals surface area contributed by atoms with Crippen molar-refractivity contribution < 1.29 is 9.18 Å². The van der Waals surface area contributed by atoms with Crippen LogP contribution in [0.1, 0.15) is 15.9 Å². The first-order valence-corrected chi connectivity index (χ1v) is 5.63. The van der Waals surface area contributed by atoms with Crippen LogP contribution in [0.3, 0.4) is 0 Å². The van der Waals surface area contributed by atoms with Gasteiger partial charge in [0.1, 0.15) is 5.82 Å². The topological polar surface area (TPSA) is 42.0 Å². The Balaban J connectivity index is 2.24. The summed E-state index contributed by atoms with van der Waals surface area (Å²) in [6.07, 6.45) is 2.81. The quantitative estimate of drug-likeness (QED) is 0.903. The third-order valence-electron chi connectivity index (χ3n) is 2.39. The van der Waals surface area contributed by atoms with E-state index < -0.39 is 11.7 Å². The Hall–Kier alpha value is -1.94. The van der Waals surface area contributed by atoms with Crippen LogP contribution in [0.5, 0.6) is 0 Å². The Kier molecular flexibility index (Phi) is 3.58. The van der Waals surface area contributed by atoms with E-state index in [9.17, 15) is 9.18 Å². The van der Waals surface area contributed by atoms with Crippen molar-refractivity contribution in [3.05, 3.63) is 58.6 Å². The van der Waals surface area contributed by atoms with Crippen molar-refractivity contribution in [2.45, 2.75) is 6.92 Å². The number of carbonyl (C=O) groups excluding carboxylic acids is 1. The van der Waals surface area contributed by atoms with Crippen LogP contribution in [-0.4, -0.2) is 10.9 Å². The van der Waals surface area contributed by atoms with E-state index in [1.165, 1.54) is 30.6 Å². The molecule has 0 aliphatic heterocycles. The number of benzene rings is 1. The second-order valence-electron chi connectivity index (χ2n) is 3.79. The van der Waals surface area contributed by atoms with Crippen molar-refractivity contribution in [1.82, 2.24) is 4.98 Å². The van der Waals surface area contributed by atoms with Gasteiger partial charge in [-0.1, -0.05) is 17.7 Å². The van der Waals surface area contributed by atoms with Gasteiger partial charge in [-0.3, -0.25) is 9.78 Å². The lowest BCUT2D eigenvalue weighted by atomic mass is 10.2. The highest BCUT2D eigenvalue weighted by Gasteiger charge is 2.12. The zero-order chi connectivity index (χ0) is 13.1. The summed E-state index contributed by atoms with van der Waals surface area (Å²) >= 11 is 5.86. The molecule has 0 saturated carbocycles. The number of nitrogens with zero attached hydrogens (tertiary/aromatic N) is 1. The summed E-state index contributed by atoms with van der Waals surface area (Å²) < 4.78 is 13.6.